The van der Waals surface area contributed by atoms with E-state index in [1.165, 1.54) is 0 Å². The lowest BCUT2D eigenvalue weighted by Gasteiger charge is -2.37. The van der Waals surface area contributed by atoms with Gasteiger partial charge in [-0.2, -0.15) is 5.26 Å². The van der Waals surface area contributed by atoms with Crippen molar-refractivity contribution in [3.63, 3.8) is 0 Å². The Morgan fingerprint density at radius 1 is 1.50 bits per heavy atom. The van der Waals surface area contributed by atoms with Gasteiger partial charge in [0.15, 0.2) is 0 Å². The molecule has 0 aromatic carbocycles. The minimum absolute atomic E-state index is 0.109. The Balaban J connectivity index is 2.09. The van der Waals surface area contributed by atoms with Gasteiger partial charge < -0.3 is 10.1 Å². The van der Waals surface area contributed by atoms with Gasteiger partial charge in [0.05, 0.1) is 12.1 Å². The Kier molecular flexibility index (Phi) is 3.49. The van der Waals surface area contributed by atoms with Crippen molar-refractivity contribution in [1.82, 2.24) is 10.2 Å². The molecule has 18 heavy (non-hydrogen) atoms. The first-order valence-electron chi connectivity index (χ1n) is 6.51. The fourth-order valence-corrected chi connectivity index (χ4v) is 2.90. The lowest BCUT2D eigenvalue weighted by molar-refractivity contribution is 0.00839. The zero-order chi connectivity index (χ0) is 13.3. The van der Waals surface area contributed by atoms with Gasteiger partial charge in [-0.25, -0.2) is 4.79 Å². The summed E-state index contributed by atoms with van der Waals surface area (Å²) in [5, 5.41) is 12.2. The van der Waals surface area contributed by atoms with Gasteiger partial charge in [0.25, 0.3) is 0 Å². The minimum Gasteiger partial charge on any atom is -0.444 e. The number of nitriles is 1. The first kappa shape index (κ1) is 13.2. The van der Waals surface area contributed by atoms with Crippen LogP contribution in [0, 0.1) is 17.2 Å². The number of amides is 1. The van der Waals surface area contributed by atoms with Crippen LogP contribution in [-0.2, 0) is 4.74 Å². The quantitative estimate of drug-likeness (QED) is 0.767. The molecule has 0 spiro atoms. The molecule has 2 saturated heterocycles. The molecule has 0 aliphatic carbocycles. The molecular weight excluding hydrogens is 230 g/mol. The zero-order valence-electron chi connectivity index (χ0n) is 11.3. The number of hydrogen-bond donors (Lipinski definition) is 1. The zero-order valence-corrected chi connectivity index (χ0v) is 11.3. The molecule has 2 bridgehead atoms. The fourth-order valence-electron chi connectivity index (χ4n) is 2.90. The molecule has 5 nitrogen and oxygen atoms in total. The van der Waals surface area contributed by atoms with E-state index in [1.807, 2.05) is 25.7 Å². The number of hydrogen-bond acceptors (Lipinski definition) is 4. The first-order chi connectivity index (χ1) is 8.42. The molecule has 0 aromatic rings. The highest BCUT2D eigenvalue weighted by Gasteiger charge is 2.47. The van der Waals surface area contributed by atoms with E-state index in [0.717, 1.165) is 19.5 Å². The van der Waals surface area contributed by atoms with Gasteiger partial charge in [0.2, 0.25) is 0 Å². The van der Waals surface area contributed by atoms with Crippen molar-refractivity contribution in [2.75, 3.05) is 13.1 Å². The molecule has 2 rings (SSSR count). The second kappa shape index (κ2) is 4.77. The average Bonchev–Trinajstić information content (AvgIpc) is 2.45. The van der Waals surface area contributed by atoms with E-state index < -0.39 is 5.60 Å². The lowest BCUT2D eigenvalue weighted by atomic mass is 9.97. The van der Waals surface area contributed by atoms with Crippen LogP contribution in [0.3, 0.4) is 0 Å². The predicted molar refractivity (Wildman–Crippen MR) is 66.9 cm³/mol. The number of nitrogens with one attached hydrogen (secondary N) is 1. The van der Waals surface area contributed by atoms with E-state index in [0.29, 0.717) is 6.42 Å². The fraction of sp³-hybridized carbons (Fsp3) is 0.846. The first-order valence-corrected chi connectivity index (χ1v) is 6.51. The van der Waals surface area contributed by atoms with Crippen molar-refractivity contribution in [1.29, 1.82) is 5.26 Å². The smallest absolute Gasteiger partial charge is 0.410 e. The Labute approximate surface area is 108 Å². The van der Waals surface area contributed by atoms with Gasteiger partial charge in [-0.3, -0.25) is 4.90 Å². The van der Waals surface area contributed by atoms with Crippen LogP contribution in [0.25, 0.3) is 0 Å². The summed E-state index contributed by atoms with van der Waals surface area (Å²) in [6.45, 7) is 7.20. The van der Waals surface area contributed by atoms with Crippen LogP contribution in [0.5, 0.6) is 0 Å². The molecule has 100 valence electrons. The number of carbonyl (C=O) groups excluding carboxylic acids is 1. The number of nitrogens with zero attached hydrogens (tertiary/aromatic N) is 2. The molecule has 0 unspecified atom stereocenters. The normalized spacial score (nSPS) is 31.0. The molecule has 0 aromatic heterocycles. The van der Waals surface area contributed by atoms with E-state index in [-0.39, 0.29) is 24.1 Å². The summed E-state index contributed by atoms with van der Waals surface area (Å²) in [5.74, 6) is 0.280. The Morgan fingerprint density at radius 2 is 2.22 bits per heavy atom. The summed E-state index contributed by atoms with van der Waals surface area (Å²) in [4.78, 5) is 14.1. The molecule has 2 heterocycles. The Bertz CT molecular complexity index is 369. The number of piperazine rings is 1. The highest BCUT2D eigenvalue weighted by Crippen LogP contribution is 2.35. The SMILES string of the molecule is CC(C)(C)OC(=O)N1[C@@H]2CNC[C@H]1[C@@H](CC#N)C2. The van der Waals surface area contributed by atoms with Crippen LogP contribution < -0.4 is 5.32 Å². The van der Waals surface area contributed by atoms with Crippen molar-refractivity contribution in [2.24, 2.45) is 5.92 Å². The summed E-state index contributed by atoms with van der Waals surface area (Å²) in [7, 11) is 0. The van der Waals surface area contributed by atoms with E-state index in [9.17, 15) is 4.79 Å². The standard InChI is InChI=1S/C13H21N3O2/c1-13(2,3)18-12(17)16-10-6-9(4-5-14)11(16)8-15-7-10/h9-11,15H,4,6-8H2,1-3H3/t9-,10-,11-/m0/s1. The van der Waals surface area contributed by atoms with Crippen molar-refractivity contribution < 1.29 is 9.53 Å². The van der Waals surface area contributed by atoms with Crippen LogP contribution in [0.4, 0.5) is 4.79 Å². The maximum Gasteiger partial charge on any atom is 0.410 e. The minimum atomic E-state index is -0.466. The van der Waals surface area contributed by atoms with Gasteiger partial charge in [-0.15, -0.1) is 0 Å². The summed E-state index contributed by atoms with van der Waals surface area (Å²) in [6, 6.07) is 2.51. The highest BCUT2D eigenvalue weighted by molar-refractivity contribution is 5.70. The van der Waals surface area contributed by atoms with Gasteiger partial charge in [-0.05, 0) is 33.1 Å². The molecule has 2 aliphatic rings. The largest absolute Gasteiger partial charge is 0.444 e. The van der Waals surface area contributed by atoms with Crippen LogP contribution in [0.2, 0.25) is 0 Å². The molecule has 1 N–H and O–H groups in total. The maximum atomic E-state index is 12.2. The number of carbonyl (C=O) groups is 1. The van der Waals surface area contributed by atoms with Crippen LogP contribution in [0.15, 0.2) is 0 Å². The van der Waals surface area contributed by atoms with Crippen molar-refractivity contribution in [3.05, 3.63) is 0 Å². The monoisotopic (exact) mass is 251 g/mol. The highest BCUT2D eigenvalue weighted by atomic mass is 16.6. The van der Waals surface area contributed by atoms with E-state index >= 15 is 0 Å². The number of ether oxygens (including phenoxy) is 1. The van der Waals surface area contributed by atoms with Crippen LogP contribution in [-0.4, -0.2) is 41.8 Å². The predicted octanol–water partition coefficient (Wildman–Crippen LogP) is 1.50. The van der Waals surface area contributed by atoms with E-state index in [1.54, 1.807) is 0 Å². The molecule has 2 aliphatic heterocycles. The summed E-state index contributed by atoms with van der Waals surface area (Å²) >= 11 is 0. The maximum absolute atomic E-state index is 12.2. The molecular formula is C13H21N3O2. The third-order valence-corrected chi connectivity index (χ3v) is 3.56. The van der Waals surface area contributed by atoms with Gasteiger partial charge >= 0.3 is 6.09 Å². The number of rotatable bonds is 1. The summed E-state index contributed by atoms with van der Waals surface area (Å²) < 4.78 is 5.46. The van der Waals surface area contributed by atoms with Crippen LogP contribution >= 0.6 is 0 Å². The van der Waals surface area contributed by atoms with Crippen molar-refractivity contribution in [3.8, 4) is 6.07 Å². The second-order valence-electron chi connectivity index (χ2n) is 6.13. The third kappa shape index (κ3) is 2.59. The summed E-state index contributed by atoms with van der Waals surface area (Å²) in [5.41, 5.74) is -0.466. The number of fused-ring (bicyclic) bond motifs is 2. The lowest BCUT2D eigenvalue weighted by Crippen LogP contribution is -2.56. The topological polar surface area (TPSA) is 65.4 Å². The average molecular weight is 251 g/mol. The molecule has 2 fully saturated rings. The molecule has 3 atom stereocenters. The molecule has 1 amide bonds. The molecule has 0 radical (unpaired) electrons. The van der Waals surface area contributed by atoms with Crippen molar-refractivity contribution >= 4 is 6.09 Å². The summed E-state index contributed by atoms with van der Waals surface area (Å²) in [6.07, 6.45) is 1.19. The molecule has 0 saturated carbocycles. The Morgan fingerprint density at radius 3 is 2.83 bits per heavy atom. The molecule has 5 heteroatoms. The van der Waals surface area contributed by atoms with Crippen LogP contribution in [0.1, 0.15) is 33.6 Å². The van der Waals surface area contributed by atoms with Gasteiger partial charge in [0.1, 0.15) is 5.60 Å². The van der Waals surface area contributed by atoms with E-state index in [4.69, 9.17) is 10.00 Å². The van der Waals surface area contributed by atoms with Gasteiger partial charge in [-0.1, -0.05) is 0 Å². The second-order valence-corrected chi connectivity index (χ2v) is 6.13. The van der Waals surface area contributed by atoms with Gasteiger partial charge in [0, 0.05) is 25.6 Å². The third-order valence-electron chi connectivity index (χ3n) is 3.56. The van der Waals surface area contributed by atoms with Crippen molar-refractivity contribution in [2.45, 2.75) is 51.3 Å². The Hall–Kier alpha value is -1.28. The van der Waals surface area contributed by atoms with E-state index in [2.05, 4.69) is 11.4 Å².